The summed E-state index contributed by atoms with van der Waals surface area (Å²) in [5.74, 6) is 0.101. The molecule has 0 fully saturated rings. The summed E-state index contributed by atoms with van der Waals surface area (Å²) in [5.41, 5.74) is 1.92. The van der Waals surface area contributed by atoms with E-state index in [1.165, 1.54) is 25.8 Å². The number of rotatable bonds is 8. The molecule has 1 N–H and O–H groups in total. The number of nitrogens with zero attached hydrogens (tertiary/aromatic N) is 1. The third kappa shape index (κ3) is 5.72. The molecule has 2 aromatic rings. The Hall–Kier alpha value is -2.54. The molecule has 6 nitrogen and oxygen atoms in total. The Morgan fingerprint density at radius 3 is 2.44 bits per heavy atom. The number of sulfonamides is 1. The van der Waals surface area contributed by atoms with Crippen molar-refractivity contribution in [2.75, 3.05) is 24.7 Å². The van der Waals surface area contributed by atoms with Crippen LogP contribution in [0.3, 0.4) is 0 Å². The van der Waals surface area contributed by atoms with Crippen LogP contribution >= 0.6 is 0 Å². The van der Waals surface area contributed by atoms with Crippen molar-refractivity contribution in [3.05, 3.63) is 59.7 Å². The average Bonchev–Trinajstić information content (AvgIpc) is 2.65. The molecule has 146 valence electrons. The smallest absolute Gasteiger partial charge is 0.255 e. The molecule has 27 heavy (non-hydrogen) atoms. The minimum atomic E-state index is -3.42. The number of benzene rings is 2. The molecule has 0 radical (unpaired) electrons. The number of hydrogen-bond donors (Lipinski definition) is 1. The van der Waals surface area contributed by atoms with Crippen molar-refractivity contribution in [3.63, 3.8) is 0 Å². The van der Waals surface area contributed by atoms with Gasteiger partial charge in [0.15, 0.2) is 0 Å². The molecule has 2 rings (SSSR count). The Morgan fingerprint density at radius 2 is 1.85 bits per heavy atom. The second-order valence-electron chi connectivity index (χ2n) is 6.51. The van der Waals surface area contributed by atoms with E-state index in [2.05, 4.69) is 17.4 Å². The molecule has 0 aliphatic heterocycles. The molecule has 0 aliphatic carbocycles. The van der Waals surface area contributed by atoms with E-state index in [4.69, 9.17) is 4.74 Å². The topological polar surface area (TPSA) is 75.7 Å². The van der Waals surface area contributed by atoms with E-state index in [1.807, 2.05) is 25.1 Å². The van der Waals surface area contributed by atoms with Crippen LogP contribution in [0.25, 0.3) is 0 Å². The van der Waals surface area contributed by atoms with E-state index in [0.717, 1.165) is 23.4 Å². The fraction of sp³-hybridized carbons (Fsp3) is 0.350. The molecular formula is C20H26N2O4S. The van der Waals surface area contributed by atoms with Gasteiger partial charge in [0.2, 0.25) is 10.0 Å². The number of carbonyl (C=O) groups excluding carboxylic acids is 1. The largest absolute Gasteiger partial charge is 0.496 e. The lowest BCUT2D eigenvalue weighted by Crippen LogP contribution is -2.33. The summed E-state index contributed by atoms with van der Waals surface area (Å²) < 4.78 is 29.9. The van der Waals surface area contributed by atoms with E-state index in [-0.39, 0.29) is 11.9 Å². The SMILES string of the molecule is COc1ccc(N(C)S(C)(=O)=O)cc1C(=O)N[C@@H](C)CCc1ccccc1. The van der Waals surface area contributed by atoms with Gasteiger partial charge in [-0.15, -0.1) is 0 Å². The highest BCUT2D eigenvalue weighted by Gasteiger charge is 2.19. The van der Waals surface area contributed by atoms with Crippen LogP contribution in [0.5, 0.6) is 5.75 Å². The molecule has 0 bridgehead atoms. The number of methoxy groups -OCH3 is 1. The molecule has 2 aromatic carbocycles. The summed E-state index contributed by atoms with van der Waals surface area (Å²) in [6.45, 7) is 1.94. The fourth-order valence-electron chi connectivity index (χ4n) is 2.66. The molecule has 7 heteroatoms. The van der Waals surface area contributed by atoms with Crippen LogP contribution in [0.1, 0.15) is 29.3 Å². The second-order valence-corrected chi connectivity index (χ2v) is 8.53. The van der Waals surface area contributed by atoms with Crippen molar-refractivity contribution in [2.24, 2.45) is 0 Å². The molecule has 0 heterocycles. The Bertz CT molecular complexity index is 882. The quantitative estimate of drug-likeness (QED) is 0.752. The van der Waals surface area contributed by atoms with Gasteiger partial charge in [0, 0.05) is 13.1 Å². The summed E-state index contributed by atoms with van der Waals surface area (Å²) in [4.78, 5) is 12.7. The maximum absolute atomic E-state index is 12.7. The van der Waals surface area contributed by atoms with Crippen LogP contribution in [0.4, 0.5) is 5.69 Å². The summed E-state index contributed by atoms with van der Waals surface area (Å²) in [5, 5.41) is 2.96. The second kappa shape index (κ2) is 8.90. The Morgan fingerprint density at radius 1 is 1.19 bits per heavy atom. The molecule has 0 saturated heterocycles. The first kappa shape index (κ1) is 20.8. The van der Waals surface area contributed by atoms with Gasteiger partial charge in [0.05, 0.1) is 24.6 Å². The maximum Gasteiger partial charge on any atom is 0.255 e. The van der Waals surface area contributed by atoms with Crippen LogP contribution in [-0.2, 0) is 16.4 Å². The van der Waals surface area contributed by atoms with Crippen LogP contribution in [0, 0.1) is 0 Å². The average molecular weight is 391 g/mol. The van der Waals surface area contributed by atoms with E-state index in [1.54, 1.807) is 12.1 Å². The third-order valence-corrected chi connectivity index (χ3v) is 5.58. The van der Waals surface area contributed by atoms with Crippen LogP contribution in [-0.4, -0.2) is 40.8 Å². The predicted octanol–water partition coefficient (Wildman–Crippen LogP) is 2.84. The lowest BCUT2D eigenvalue weighted by atomic mass is 10.1. The third-order valence-electron chi connectivity index (χ3n) is 4.38. The van der Waals surface area contributed by atoms with Gasteiger partial charge in [-0.1, -0.05) is 30.3 Å². The van der Waals surface area contributed by atoms with Gasteiger partial charge in [-0.25, -0.2) is 8.42 Å². The van der Waals surface area contributed by atoms with E-state index >= 15 is 0 Å². The number of anilines is 1. The lowest BCUT2D eigenvalue weighted by molar-refractivity contribution is 0.0935. The van der Waals surface area contributed by atoms with E-state index < -0.39 is 10.0 Å². The van der Waals surface area contributed by atoms with Gasteiger partial charge in [0.25, 0.3) is 5.91 Å². The number of carbonyl (C=O) groups is 1. The first-order chi connectivity index (χ1) is 12.7. The van der Waals surface area contributed by atoms with Crippen molar-refractivity contribution in [1.82, 2.24) is 5.32 Å². The number of aryl methyl sites for hydroxylation is 1. The van der Waals surface area contributed by atoms with Gasteiger partial charge in [-0.3, -0.25) is 9.10 Å². The van der Waals surface area contributed by atoms with Gasteiger partial charge in [-0.2, -0.15) is 0 Å². The summed E-state index contributed by atoms with van der Waals surface area (Å²) in [6, 6.07) is 14.8. The monoisotopic (exact) mass is 390 g/mol. The number of nitrogens with one attached hydrogen (secondary N) is 1. The zero-order chi connectivity index (χ0) is 20.0. The van der Waals surface area contributed by atoms with Crippen molar-refractivity contribution in [2.45, 2.75) is 25.8 Å². The molecule has 0 aliphatic rings. The highest BCUT2D eigenvalue weighted by molar-refractivity contribution is 7.92. The molecule has 0 aromatic heterocycles. The lowest BCUT2D eigenvalue weighted by Gasteiger charge is -2.20. The summed E-state index contributed by atoms with van der Waals surface area (Å²) in [6.07, 6.45) is 2.76. The normalized spacial score (nSPS) is 12.3. The van der Waals surface area contributed by atoms with Gasteiger partial charge in [-0.05, 0) is 43.5 Å². The molecule has 0 spiro atoms. The number of hydrogen-bond acceptors (Lipinski definition) is 4. The highest BCUT2D eigenvalue weighted by atomic mass is 32.2. The molecule has 0 unspecified atom stereocenters. The summed E-state index contributed by atoms with van der Waals surface area (Å²) in [7, 11) is -0.497. The minimum absolute atomic E-state index is 0.0429. The number of amides is 1. The van der Waals surface area contributed by atoms with Crippen LogP contribution in [0.2, 0.25) is 0 Å². The fourth-order valence-corrected chi connectivity index (χ4v) is 3.16. The first-order valence-electron chi connectivity index (χ1n) is 8.69. The zero-order valence-corrected chi connectivity index (χ0v) is 16.9. The maximum atomic E-state index is 12.7. The van der Waals surface area contributed by atoms with E-state index in [9.17, 15) is 13.2 Å². The Labute approximate surface area is 161 Å². The van der Waals surface area contributed by atoms with Crippen LogP contribution < -0.4 is 14.4 Å². The van der Waals surface area contributed by atoms with Crippen molar-refractivity contribution >= 4 is 21.6 Å². The summed E-state index contributed by atoms with van der Waals surface area (Å²) >= 11 is 0. The van der Waals surface area contributed by atoms with Gasteiger partial charge < -0.3 is 10.1 Å². The highest BCUT2D eigenvalue weighted by Crippen LogP contribution is 2.26. The van der Waals surface area contributed by atoms with Crippen molar-refractivity contribution in [3.8, 4) is 5.75 Å². The van der Waals surface area contributed by atoms with Gasteiger partial charge in [0.1, 0.15) is 5.75 Å². The van der Waals surface area contributed by atoms with Crippen molar-refractivity contribution < 1.29 is 17.9 Å². The van der Waals surface area contributed by atoms with Crippen molar-refractivity contribution in [1.29, 1.82) is 0 Å². The van der Waals surface area contributed by atoms with Gasteiger partial charge >= 0.3 is 0 Å². The molecule has 1 amide bonds. The minimum Gasteiger partial charge on any atom is -0.496 e. The zero-order valence-electron chi connectivity index (χ0n) is 16.1. The van der Waals surface area contributed by atoms with Crippen LogP contribution in [0.15, 0.2) is 48.5 Å². The Kier molecular flexibility index (Phi) is 6.85. The molecule has 0 saturated carbocycles. The predicted molar refractivity (Wildman–Crippen MR) is 108 cm³/mol. The Balaban J connectivity index is 2.11. The molecule has 1 atom stereocenters. The van der Waals surface area contributed by atoms with E-state index in [0.29, 0.717) is 17.0 Å². The molecular weight excluding hydrogens is 364 g/mol. The standard InChI is InChI=1S/C20H26N2O4S/c1-15(10-11-16-8-6-5-7-9-16)21-20(23)18-14-17(12-13-19(18)26-3)22(2)27(4,24)25/h5-9,12-15H,10-11H2,1-4H3,(H,21,23)/t15-/m0/s1. The first-order valence-corrected chi connectivity index (χ1v) is 10.5. The number of ether oxygens (including phenoxy) is 1.